The summed E-state index contributed by atoms with van der Waals surface area (Å²) in [5.41, 5.74) is 8.40. The summed E-state index contributed by atoms with van der Waals surface area (Å²) in [7, 11) is 1.71. The fourth-order valence-electron chi connectivity index (χ4n) is 2.47. The fourth-order valence-corrected chi connectivity index (χ4v) is 2.47. The lowest BCUT2D eigenvalue weighted by atomic mass is 9.77. The number of hydrogen-bond acceptors (Lipinski definition) is 2. The molecular formula is C17H21NO. The van der Waals surface area contributed by atoms with E-state index in [1.165, 1.54) is 11.1 Å². The van der Waals surface area contributed by atoms with Gasteiger partial charge >= 0.3 is 0 Å². The highest BCUT2D eigenvalue weighted by Crippen LogP contribution is 2.33. The lowest BCUT2D eigenvalue weighted by Gasteiger charge is -2.30. The highest BCUT2D eigenvalue weighted by molar-refractivity contribution is 5.41. The molecule has 2 nitrogen and oxygen atoms in total. The van der Waals surface area contributed by atoms with Gasteiger partial charge in [-0.15, -0.1) is 0 Å². The molecule has 0 heterocycles. The van der Waals surface area contributed by atoms with E-state index in [0.29, 0.717) is 6.54 Å². The van der Waals surface area contributed by atoms with Crippen LogP contribution in [-0.2, 0) is 11.8 Å². The lowest BCUT2D eigenvalue weighted by molar-refractivity contribution is 0.385. The second-order valence-corrected chi connectivity index (χ2v) is 5.13. The highest BCUT2D eigenvalue weighted by Gasteiger charge is 2.28. The molecule has 0 aliphatic rings. The Balaban J connectivity index is 2.36. The minimum absolute atomic E-state index is 0.117. The number of hydrogen-bond donors (Lipinski definition) is 1. The van der Waals surface area contributed by atoms with Crippen LogP contribution in [-0.4, -0.2) is 13.7 Å². The largest absolute Gasteiger partial charge is 0.496 e. The Morgan fingerprint density at radius 2 is 1.63 bits per heavy atom. The molecule has 0 saturated heterocycles. The average molecular weight is 255 g/mol. The monoisotopic (exact) mass is 255 g/mol. The van der Waals surface area contributed by atoms with Crippen molar-refractivity contribution < 1.29 is 4.74 Å². The molecule has 0 amide bonds. The Labute approximate surface area is 115 Å². The van der Waals surface area contributed by atoms with Crippen LogP contribution in [0, 0.1) is 0 Å². The normalized spacial score (nSPS) is 13.8. The predicted molar refractivity (Wildman–Crippen MR) is 79.5 cm³/mol. The Kier molecular flexibility index (Phi) is 4.23. The number of rotatable bonds is 5. The number of benzene rings is 2. The molecule has 2 rings (SSSR count). The van der Waals surface area contributed by atoms with Gasteiger partial charge in [-0.1, -0.05) is 55.5 Å². The van der Waals surface area contributed by atoms with Crippen molar-refractivity contribution in [2.24, 2.45) is 5.73 Å². The smallest absolute Gasteiger partial charge is 0.122 e. The zero-order valence-corrected chi connectivity index (χ0v) is 11.6. The third-order valence-corrected chi connectivity index (χ3v) is 3.64. The van der Waals surface area contributed by atoms with Gasteiger partial charge in [0.2, 0.25) is 0 Å². The van der Waals surface area contributed by atoms with Gasteiger partial charge in [-0.25, -0.2) is 0 Å². The second kappa shape index (κ2) is 5.89. The van der Waals surface area contributed by atoms with Crippen LogP contribution in [0.1, 0.15) is 18.1 Å². The molecule has 2 heteroatoms. The van der Waals surface area contributed by atoms with E-state index in [4.69, 9.17) is 10.5 Å². The van der Waals surface area contributed by atoms with Gasteiger partial charge in [0.1, 0.15) is 5.75 Å². The summed E-state index contributed by atoms with van der Waals surface area (Å²) in [5, 5.41) is 0. The minimum atomic E-state index is -0.117. The molecule has 1 atom stereocenters. The molecule has 1 unspecified atom stereocenters. The van der Waals surface area contributed by atoms with Crippen molar-refractivity contribution >= 4 is 0 Å². The van der Waals surface area contributed by atoms with Crippen molar-refractivity contribution in [3.63, 3.8) is 0 Å². The molecule has 2 aromatic carbocycles. The summed E-state index contributed by atoms with van der Waals surface area (Å²) in [6, 6.07) is 18.6. The zero-order valence-electron chi connectivity index (χ0n) is 11.6. The first-order chi connectivity index (χ1) is 9.19. The van der Waals surface area contributed by atoms with Crippen molar-refractivity contribution in [1.82, 2.24) is 0 Å². The number of para-hydroxylation sites is 1. The highest BCUT2D eigenvalue weighted by atomic mass is 16.5. The van der Waals surface area contributed by atoms with E-state index in [1.807, 2.05) is 24.3 Å². The number of nitrogens with two attached hydrogens (primary N) is 1. The second-order valence-electron chi connectivity index (χ2n) is 5.13. The van der Waals surface area contributed by atoms with Crippen molar-refractivity contribution in [3.05, 3.63) is 65.7 Å². The molecule has 0 spiro atoms. The Morgan fingerprint density at radius 1 is 1.00 bits per heavy atom. The van der Waals surface area contributed by atoms with Gasteiger partial charge < -0.3 is 10.5 Å². The van der Waals surface area contributed by atoms with Crippen LogP contribution < -0.4 is 10.5 Å². The van der Waals surface area contributed by atoms with Crippen LogP contribution in [0.2, 0.25) is 0 Å². The van der Waals surface area contributed by atoms with Crippen LogP contribution in [0.4, 0.5) is 0 Å². The first-order valence-corrected chi connectivity index (χ1v) is 6.57. The maximum absolute atomic E-state index is 6.05. The van der Waals surface area contributed by atoms with E-state index >= 15 is 0 Å². The van der Waals surface area contributed by atoms with Crippen molar-refractivity contribution in [2.45, 2.75) is 18.8 Å². The predicted octanol–water partition coefficient (Wildman–Crippen LogP) is 3.15. The quantitative estimate of drug-likeness (QED) is 0.890. The van der Waals surface area contributed by atoms with Crippen LogP contribution >= 0.6 is 0 Å². The van der Waals surface area contributed by atoms with Gasteiger partial charge in [0.15, 0.2) is 0 Å². The third-order valence-electron chi connectivity index (χ3n) is 3.64. The van der Waals surface area contributed by atoms with Gasteiger partial charge in [0.25, 0.3) is 0 Å². The third kappa shape index (κ3) is 2.96. The Bertz CT molecular complexity index is 524. The molecule has 0 aromatic heterocycles. The van der Waals surface area contributed by atoms with E-state index in [1.54, 1.807) is 7.11 Å². The van der Waals surface area contributed by atoms with Crippen molar-refractivity contribution in [2.75, 3.05) is 13.7 Å². The summed E-state index contributed by atoms with van der Waals surface area (Å²) < 4.78 is 5.48. The molecule has 0 saturated carbocycles. The molecular weight excluding hydrogens is 234 g/mol. The summed E-state index contributed by atoms with van der Waals surface area (Å²) >= 11 is 0. The van der Waals surface area contributed by atoms with Gasteiger partial charge in [0.05, 0.1) is 7.11 Å². The molecule has 2 N–H and O–H groups in total. The molecule has 2 aromatic rings. The van der Waals surface area contributed by atoms with Gasteiger partial charge in [-0.2, -0.15) is 0 Å². The number of ether oxygens (including phenoxy) is 1. The molecule has 0 fully saturated rings. The molecule has 19 heavy (non-hydrogen) atoms. The zero-order chi connectivity index (χ0) is 13.7. The SMILES string of the molecule is COc1ccccc1C(C)(CN)Cc1ccccc1. The molecule has 0 aliphatic carbocycles. The summed E-state index contributed by atoms with van der Waals surface area (Å²) in [6.45, 7) is 2.78. The van der Waals surface area contributed by atoms with Crippen LogP contribution in [0.15, 0.2) is 54.6 Å². The van der Waals surface area contributed by atoms with E-state index in [-0.39, 0.29) is 5.41 Å². The summed E-state index contributed by atoms with van der Waals surface area (Å²) in [6.07, 6.45) is 0.907. The maximum atomic E-state index is 6.05. The Morgan fingerprint density at radius 3 is 2.26 bits per heavy atom. The standard InChI is InChI=1S/C17H21NO/c1-17(13-18,12-14-8-4-3-5-9-14)15-10-6-7-11-16(15)19-2/h3-11H,12-13,18H2,1-2H3. The topological polar surface area (TPSA) is 35.2 Å². The van der Waals surface area contributed by atoms with Crippen LogP contribution in [0.25, 0.3) is 0 Å². The first kappa shape index (κ1) is 13.6. The molecule has 100 valence electrons. The van der Waals surface area contributed by atoms with E-state index in [9.17, 15) is 0 Å². The van der Waals surface area contributed by atoms with E-state index in [2.05, 4.69) is 37.3 Å². The maximum Gasteiger partial charge on any atom is 0.122 e. The lowest BCUT2D eigenvalue weighted by Crippen LogP contribution is -2.34. The van der Waals surface area contributed by atoms with Gasteiger partial charge in [-0.05, 0) is 18.1 Å². The summed E-state index contributed by atoms with van der Waals surface area (Å²) in [5.74, 6) is 0.909. The first-order valence-electron chi connectivity index (χ1n) is 6.57. The minimum Gasteiger partial charge on any atom is -0.496 e. The molecule has 0 aliphatic heterocycles. The van der Waals surface area contributed by atoms with Gasteiger partial charge in [-0.3, -0.25) is 0 Å². The average Bonchev–Trinajstić information content (AvgIpc) is 2.48. The van der Waals surface area contributed by atoms with Crippen molar-refractivity contribution in [3.8, 4) is 5.75 Å². The summed E-state index contributed by atoms with van der Waals surface area (Å²) in [4.78, 5) is 0. The van der Waals surface area contributed by atoms with Crippen molar-refractivity contribution in [1.29, 1.82) is 0 Å². The number of methoxy groups -OCH3 is 1. The Hall–Kier alpha value is -1.80. The van der Waals surface area contributed by atoms with Crippen LogP contribution in [0.3, 0.4) is 0 Å². The van der Waals surface area contributed by atoms with Gasteiger partial charge in [0, 0.05) is 17.5 Å². The van der Waals surface area contributed by atoms with Crippen LogP contribution in [0.5, 0.6) is 5.75 Å². The molecule has 0 radical (unpaired) electrons. The molecule has 0 bridgehead atoms. The fraction of sp³-hybridized carbons (Fsp3) is 0.294. The van der Waals surface area contributed by atoms with E-state index in [0.717, 1.165) is 12.2 Å². The van der Waals surface area contributed by atoms with E-state index < -0.39 is 0 Å².